The Bertz CT molecular complexity index is 506. The third-order valence-electron chi connectivity index (χ3n) is 3.04. The summed E-state index contributed by atoms with van der Waals surface area (Å²) in [5, 5.41) is 11.8. The highest BCUT2D eigenvalue weighted by molar-refractivity contribution is 5.82. The lowest BCUT2D eigenvalue weighted by molar-refractivity contribution is -0.147. The van der Waals surface area contributed by atoms with Crippen molar-refractivity contribution in [3.63, 3.8) is 0 Å². The van der Waals surface area contributed by atoms with E-state index in [0.29, 0.717) is 6.61 Å². The lowest BCUT2D eigenvalue weighted by atomic mass is 10.2. The van der Waals surface area contributed by atoms with E-state index in [0.717, 1.165) is 11.4 Å². The van der Waals surface area contributed by atoms with Crippen LogP contribution < -0.4 is 5.32 Å². The van der Waals surface area contributed by atoms with Crippen molar-refractivity contribution in [1.29, 1.82) is 0 Å². The van der Waals surface area contributed by atoms with E-state index in [4.69, 9.17) is 9.84 Å². The van der Waals surface area contributed by atoms with Crippen LogP contribution in [0.15, 0.2) is 18.2 Å². The van der Waals surface area contributed by atoms with Gasteiger partial charge in [0.1, 0.15) is 0 Å². The van der Waals surface area contributed by atoms with Gasteiger partial charge in [0, 0.05) is 12.2 Å². The molecule has 1 fully saturated rings. The maximum atomic E-state index is 12.0. The van der Waals surface area contributed by atoms with E-state index in [1.807, 2.05) is 19.1 Å². The van der Waals surface area contributed by atoms with Gasteiger partial charge in [-0.3, -0.25) is 4.98 Å². The zero-order chi connectivity index (χ0) is 14.5. The quantitative estimate of drug-likeness (QED) is 0.835. The Kier molecular flexibility index (Phi) is 4.52. The first-order chi connectivity index (χ1) is 9.58. The van der Waals surface area contributed by atoms with Gasteiger partial charge in [0.05, 0.1) is 25.5 Å². The number of amides is 2. The molecule has 1 unspecified atom stereocenters. The van der Waals surface area contributed by atoms with Crippen LogP contribution in [-0.4, -0.2) is 52.8 Å². The first-order valence-corrected chi connectivity index (χ1v) is 6.35. The Hall–Kier alpha value is -2.15. The molecule has 2 heterocycles. The van der Waals surface area contributed by atoms with Crippen LogP contribution in [0, 0.1) is 6.92 Å². The standard InChI is InChI=1S/C13H17N3O4/c1-9-3-2-4-10(15-9)7-14-13(19)16-5-6-20-8-11(16)12(17)18/h2-4,11H,5-8H2,1H3,(H,14,19)(H,17,18). The Morgan fingerprint density at radius 1 is 1.55 bits per heavy atom. The molecular formula is C13H17N3O4. The number of pyridine rings is 1. The van der Waals surface area contributed by atoms with Crippen molar-refractivity contribution in [2.24, 2.45) is 0 Å². The molecule has 0 bridgehead atoms. The van der Waals surface area contributed by atoms with Crippen LogP contribution in [0.4, 0.5) is 4.79 Å². The van der Waals surface area contributed by atoms with Gasteiger partial charge >= 0.3 is 12.0 Å². The monoisotopic (exact) mass is 279 g/mol. The number of rotatable bonds is 3. The van der Waals surface area contributed by atoms with Crippen molar-refractivity contribution in [3.05, 3.63) is 29.6 Å². The van der Waals surface area contributed by atoms with Gasteiger partial charge in [0.2, 0.25) is 0 Å². The van der Waals surface area contributed by atoms with E-state index in [1.165, 1.54) is 4.90 Å². The molecule has 0 aromatic carbocycles. The molecule has 7 heteroatoms. The number of hydrogen-bond donors (Lipinski definition) is 2. The summed E-state index contributed by atoms with van der Waals surface area (Å²) in [5.74, 6) is -1.06. The summed E-state index contributed by atoms with van der Waals surface area (Å²) >= 11 is 0. The fourth-order valence-corrected chi connectivity index (χ4v) is 2.02. The van der Waals surface area contributed by atoms with E-state index < -0.39 is 18.0 Å². The maximum Gasteiger partial charge on any atom is 0.328 e. The van der Waals surface area contributed by atoms with Crippen molar-refractivity contribution < 1.29 is 19.4 Å². The SMILES string of the molecule is Cc1cccc(CNC(=O)N2CCOCC2C(=O)O)n1. The molecule has 1 aliphatic rings. The molecule has 20 heavy (non-hydrogen) atoms. The summed E-state index contributed by atoms with van der Waals surface area (Å²) in [7, 11) is 0. The average molecular weight is 279 g/mol. The fourth-order valence-electron chi connectivity index (χ4n) is 2.02. The van der Waals surface area contributed by atoms with Gasteiger partial charge in [0.15, 0.2) is 6.04 Å². The Morgan fingerprint density at radius 2 is 2.35 bits per heavy atom. The summed E-state index contributed by atoms with van der Waals surface area (Å²) in [4.78, 5) is 28.7. The van der Waals surface area contributed by atoms with Crippen molar-refractivity contribution in [3.8, 4) is 0 Å². The molecule has 1 aromatic heterocycles. The minimum atomic E-state index is -1.06. The van der Waals surface area contributed by atoms with E-state index >= 15 is 0 Å². The second kappa shape index (κ2) is 6.33. The summed E-state index contributed by atoms with van der Waals surface area (Å²) < 4.78 is 5.09. The van der Waals surface area contributed by atoms with Crippen molar-refractivity contribution in [1.82, 2.24) is 15.2 Å². The average Bonchev–Trinajstić information content (AvgIpc) is 2.45. The number of ether oxygens (including phenoxy) is 1. The molecular weight excluding hydrogens is 262 g/mol. The number of carbonyl (C=O) groups excluding carboxylic acids is 1. The minimum absolute atomic E-state index is 0.0193. The molecule has 2 amide bonds. The topological polar surface area (TPSA) is 91.8 Å². The van der Waals surface area contributed by atoms with Gasteiger partial charge in [-0.2, -0.15) is 0 Å². The number of aromatic nitrogens is 1. The number of nitrogens with zero attached hydrogens (tertiary/aromatic N) is 2. The zero-order valence-corrected chi connectivity index (χ0v) is 11.2. The Balaban J connectivity index is 1.95. The summed E-state index contributed by atoms with van der Waals surface area (Å²) in [6.07, 6.45) is 0. The lowest BCUT2D eigenvalue weighted by Crippen LogP contribution is -2.55. The molecule has 2 rings (SSSR count). The molecule has 0 aliphatic carbocycles. The highest BCUT2D eigenvalue weighted by Gasteiger charge is 2.32. The van der Waals surface area contributed by atoms with Gasteiger partial charge in [-0.1, -0.05) is 6.07 Å². The molecule has 0 spiro atoms. The van der Waals surface area contributed by atoms with Crippen LogP contribution >= 0.6 is 0 Å². The molecule has 1 aromatic rings. The number of aliphatic carboxylic acids is 1. The van der Waals surface area contributed by atoms with Crippen LogP contribution in [0.5, 0.6) is 0 Å². The van der Waals surface area contributed by atoms with Crippen molar-refractivity contribution in [2.45, 2.75) is 19.5 Å². The minimum Gasteiger partial charge on any atom is -0.480 e. The molecule has 7 nitrogen and oxygen atoms in total. The fraction of sp³-hybridized carbons (Fsp3) is 0.462. The van der Waals surface area contributed by atoms with Gasteiger partial charge < -0.3 is 20.1 Å². The summed E-state index contributed by atoms with van der Waals surface area (Å²) in [5.41, 5.74) is 1.60. The Morgan fingerprint density at radius 3 is 3.05 bits per heavy atom. The highest BCUT2D eigenvalue weighted by atomic mass is 16.5. The van der Waals surface area contributed by atoms with E-state index in [-0.39, 0.29) is 19.7 Å². The molecule has 1 aliphatic heterocycles. The predicted molar refractivity (Wildman–Crippen MR) is 70.2 cm³/mol. The maximum absolute atomic E-state index is 12.0. The van der Waals surface area contributed by atoms with E-state index in [1.54, 1.807) is 6.07 Å². The molecule has 2 N–H and O–H groups in total. The van der Waals surface area contributed by atoms with E-state index in [2.05, 4.69) is 10.3 Å². The largest absolute Gasteiger partial charge is 0.480 e. The smallest absolute Gasteiger partial charge is 0.328 e. The van der Waals surface area contributed by atoms with Gasteiger partial charge in [0.25, 0.3) is 0 Å². The number of urea groups is 1. The first-order valence-electron chi connectivity index (χ1n) is 6.35. The number of hydrogen-bond acceptors (Lipinski definition) is 4. The molecule has 108 valence electrons. The number of morpholine rings is 1. The summed E-state index contributed by atoms with van der Waals surface area (Å²) in [6, 6.07) is 4.19. The third-order valence-corrected chi connectivity index (χ3v) is 3.04. The van der Waals surface area contributed by atoms with Crippen molar-refractivity contribution >= 4 is 12.0 Å². The highest BCUT2D eigenvalue weighted by Crippen LogP contribution is 2.08. The second-order valence-corrected chi connectivity index (χ2v) is 4.55. The van der Waals surface area contributed by atoms with Crippen LogP contribution in [0.25, 0.3) is 0 Å². The number of aryl methyl sites for hydroxylation is 1. The van der Waals surface area contributed by atoms with E-state index in [9.17, 15) is 9.59 Å². The summed E-state index contributed by atoms with van der Waals surface area (Å²) in [6.45, 7) is 2.77. The lowest BCUT2D eigenvalue weighted by Gasteiger charge is -2.32. The van der Waals surface area contributed by atoms with Crippen LogP contribution in [0.3, 0.4) is 0 Å². The van der Waals surface area contributed by atoms with Gasteiger partial charge in [-0.05, 0) is 19.1 Å². The molecule has 0 saturated carbocycles. The van der Waals surface area contributed by atoms with Gasteiger partial charge in [-0.15, -0.1) is 0 Å². The number of carboxylic acids is 1. The predicted octanol–water partition coefficient (Wildman–Crippen LogP) is 0.385. The number of carboxylic acid groups (broad SMARTS) is 1. The van der Waals surface area contributed by atoms with Crippen LogP contribution in [-0.2, 0) is 16.1 Å². The normalized spacial score (nSPS) is 18.6. The number of carbonyl (C=O) groups is 2. The molecule has 0 radical (unpaired) electrons. The van der Waals surface area contributed by atoms with Gasteiger partial charge in [-0.25, -0.2) is 9.59 Å². The van der Waals surface area contributed by atoms with Crippen molar-refractivity contribution in [2.75, 3.05) is 19.8 Å². The zero-order valence-electron chi connectivity index (χ0n) is 11.2. The molecule has 1 saturated heterocycles. The third kappa shape index (κ3) is 3.45. The number of nitrogens with one attached hydrogen (secondary N) is 1. The van der Waals surface area contributed by atoms with Crippen LogP contribution in [0.1, 0.15) is 11.4 Å². The Labute approximate surface area is 116 Å². The first kappa shape index (κ1) is 14.3. The second-order valence-electron chi connectivity index (χ2n) is 4.55. The van der Waals surface area contributed by atoms with Crippen LogP contribution in [0.2, 0.25) is 0 Å². The molecule has 1 atom stereocenters.